The van der Waals surface area contributed by atoms with Crippen LogP contribution in [0.3, 0.4) is 0 Å². The van der Waals surface area contributed by atoms with Crippen LogP contribution in [-0.2, 0) is 13.0 Å². The van der Waals surface area contributed by atoms with Gasteiger partial charge in [0, 0.05) is 28.3 Å². The minimum atomic E-state index is -0.209. The van der Waals surface area contributed by atoms with E-state index in [1.54, 1.807) is 36.4 Å². The lowest BCUT2D eigenvalue weighted by Gasteiger charge is -2.18. The van der Waals surface area contributed by atoms with Crippen molar-refractivity contribution in [1.82, 2.24) is 0 Å². The van der Waals surface area contributed by atoms with Gasteiger partial charge in [-0.15, -0.1) is 0 Å². The van der Waals surface area contributed by atoms with E-state index in [1.165, 1.54) is 5.56 Å². The van der Waals surface area contributed by atoms with Crippen molar-refractivity contribution >= 4 is 23.2 Å². The second kappa shape index (κ2) is 7.80. The number of nitrogens with one attached hydrogen (secondary N) is 1. The van der Waals surface area contributed by atoms with Crippen LogP contribution < -0.4 is 14.8 Å². The summed E-state index contributed by atoms with van der Waals surface area (Å²) in [6.45, 7) is 4.55. The summed E-state index contributed by atoms with van der Waals surface area (Å²) in [4.78, 5) is 12.4. The summed E-state index contributed by atoms with van der Waals surface area (Å²) < 4.78 is 12.0. The topological polar surface area (TPSA) is 47.6 Å². The SMILES string of the molecule is CC1(C)Cc2cccc(OCc3ccc(C(=O)Nc4cccc(Cl)c4)cc3)c2O1. The molecule has 0 fully saturated rings. The number of ether oxygens (including phenoxy) is 2. The van der Waals surface area contributed by atoms with Gasteiger partial charge in [0.05, 0.1) is 0 Å². The second-order valence-corrected chi connectivity index (χ2v) is 8.17. The highest BCUT2D eigenvalue weighted by atomic mass is 35.5. The zero-order valence-corrected chi connectivity index (χ0v) is 17.1. The van der Waals surface area contributed by atoms with Crippen molar-refractivity contribution in [1.29, 1.82) is 0 Å². The third-order valence-corrected chi connectivity index (χ3v) is 4.98. The first-order valence-corrected chi connectivity index (χ1v) is 9.87. The van der Waals surface area contributed by atoms with Gasteiger partial charge in [0.2, 0.25) is 0 Å². The van der Waals surface area contributed by atoms with Gasteiger partial charge in [0.1, 0.15) is 12.2 Å². The van der Waals surface area contributed by atoms with Gasteiger partial charge in [0.25, 0.3) is 5.91 Å². The van der Waals surface area contributed by atoms with E-state index in [-0.39, 0.29) is 11.5 Å². The molecular formula is C24H22ClNO3. The highest BCUT2D eigenvalue weighted by Gasteiger charge is 2.32. The third-order valence-electron chi connectivity index (χ3n) is 4.75. The molecule has 29 heavy (non-hydrogen) atoms. The van der Waals surface area contributed by atoms with E-state index >= 15 is 0 Å². The van der Waals surface area contributed by atoms with E-state index < -0.39 is 0 Å². The van der Waals surface area contributed by atoms with E-state index in [0.29, 0.717) is 22.9 Å². The number of fused-ring (bicyclic) bond motifs is 1. The minimum Gasteiger partial charge on any atom is -0.485 e. The lowest BCUT2D eigenvalue weighted by Crippen LogP contribution is -2.24. The Morgan fingerprint density at radius 2 is 1.86 bits per heavy atom. The van der Waals surface area contributed by atoms with Gasteiger partial charge in [-0.05, 0) is 55.8 Å². The number of carbonyl (C=O) groups is 1. The summed E-state index contributed by atoms with van der Waals surface area (Å²) >= 11 is 5.96. The monoisotopic (exact) mass is 407 g/mol. The van der Waals surface area contributed by atoms with Crippen LogP contribution in [0.1, 0.15) is 35.3 Å². The van der Waals surface area contributed by atoms with Crippen molar-refractivity contribution in [3.8, 4) is 11.5 Å². The summed E-state index contributed by atoms with van der Waals surface area (Å²) in [6.07, 6.45) is 0.871. The quantitative estimate of drug-likeness (QED) is 0.574. The molecule has 0 aromatic heterocycles. The molecule has 0 saturated heterocycles. The van der Waals surface area contributed by atoms with Gasteiger partial charge in [-0.25, -0.2) is 0 Å². The number of halogens is 1. The average Bonchev–Trinajstić information content (AvgIpc) is 3.01. The first-order valence-electron chi connectivity index (χ1n) is 9.49. The molecule has 0 atom stereocenters. The fraction of sp³-hybridized carbons (Fsp3) is 0.208. The fourth-order valence-electron chi connectivity index (χ4n) is 3.38. The zero-order valence-electron chi connectivity index (χ0n) is 16.4. The maximum Gasteiger partial charge on any atom is 0.255 e. The first kappa shape index (κ1) is 19.3. The molecule has 1 amide bonds. The molecule has 1 N–H and O–H groups in total. The number of benzene rings is 3. The molecule has 5 heteroatoms. The molecule has 3 aromatic rings. The van der Waals surface area contributed by atoms with Crippen LogP contribution in [0, 0.1) is 0 Å². The number of anilines is 1. The number of amides is 1. The summed E-state index contributed by atoms with van der Waals surface area (Å²) in [6, 6.07) is 20.4. The van der Waals surface area contributed by atoms with Gasteiger partial charge in [-0.2, -0.15) is 0 Å². The molecule has 1 aliphatic heterocycles. The largest absolute Gasteiger partial charge is 0.485 e. The summed E-state index contributed by atoms with van der Waals surface area (Å²) in [5, 5.41) is 3.42. The maximum absolute atomic E-state index is 12.4. The molecule has 0 unspecified atom stereocenters. The van der Waals surface area contributed by atoms with E-state index in [9.17, 15) is 4.79 Å². The van der Waals surface area contributed by atoms with Crippen molar-refractivity contribution in [2.75, 3.05) is 5.32 Å². The van der Waals surface area contributed by atoms with Crippen LogP contribution in [0.4, 0.5) is 5.69 Å². The standard InChI is InChI=1S/C24H22ClNO3/c1-24(2)14-18-5-3-8-21(22(18)29-24)28-15-16-9-11-17(12-10-16)23(27)26-20-7-4-6-19(25)13-20/h3-13H,14-15H2,1-2H3,(H,26,27). The van der Waals surface area contributed by atoms with Crippen molar-refractivity contribution in [2.24, 2.45) is 0 Å². The summed E-state index contributed by atoms with van der Waals surface area (Å²) in [5.74, 6) is 1.39. The van der Waals surface area contributed by atoms with Crippen LogP contribution in [0.15, 0.2) is 66.7 Å². The van der Waals surface area contributed by atoms with Gasteiger partial charge in [-0.1, -0.05) is 41.9 Å². The molecule has 0 spiro atoms. The van der Waals surface area contributed by atoms with E-state index in [2.05, 4.69) is 25.2 Å². The van der Waals surface area contributed by atoms with E-state index in [4.69, 9.17) is 21.1 Å². The number of hydrogen-bond donors (Lipinski definition) is 1. The van der Waals surface area contributed by atoms with Crippen molar-refractivity contribution in [3.05, 3.63) is 88.4 Å². The number of para-hydroxylation sites is 1. The van der Waals surface area contributed by atoms with Crippen LogP contribution >= 0.6 is 11.6 Å². The normalized spacial score (nSPS) is 14.0. The van der Waals surface area contributed by atoms with Gasteiger partial charge < -0.3 is 14.8 Å². The number of carbonyl (C=O) groups excluding carboxylic acids is 1. The molecule has 1 heterocycles. The molecule has 148 valence electrons. The van der Waals surface area contributed by atoms with Gasteiger partial charge >= 0.3 is 0 Å². The molecule has 4 rings (SSSR count). The van der Waals surface area contributed by atoms with Crippen LogP contribution in [0.2, 0.25) is 5.02 Å². The minimum absolute atomic E-state index is 0.184. The Hall–Kier alpha value is -2.98. The van der Waals surface area contributed by atoms with Crippen molar-refractivity contribution < 1.29 is 14.3 Å². The second-order valence-electron chi connectivity index (χ2n) is 7.73. The molecule has 0 radical (unpaired) electrons. The highest BCUT2D eigenvalue weighted by molar-refractivity contribution is 6.30. The van der Waals surface area contributed by atoms with Gasteiger partial charge in [-0.3, -0.25) is 4.79 Å². The predicted molar refractivity (Wildman–Crippen MR) is 115 cm³/mol. The molecule has 0 saturated carbocycles. The van der Waals surface area contributed by atoms with E-state index in [0.717, 1.165) is 23.5 Å². The van der Waals surface area contributed by atoms with Gasteiger partial charge in [0.15, 0.2) is 11.5 Å². The maximum atomic E-state index is 12.4. The molecule has 0 aliphatic carbocycles. The first-order chi connectivity index (χ1) is 13.9. The van der Waals surface area contributed by atoms with Crippen LogP contribution in [-0.4, -0.2) is 11.5 Å². The van der Waals surface area contributed by atoms with Crippen molar-refractivity contribution in [2.45, 2.75) is 32.5 Å². The smallest absolute Gasteiger partial charge is 0.255 e. The zero-order chi connectivity index (χ0) is 20.4. The Morgan fingerprint density at radius 1 is 1.10 bits per heavy atom. The van der Waals surface area contributed by atoms with E-state index in [1.807, 2.05) is 24.3 Å². The Bertz CT molecular complexity index is 1040. The third kappa shape index (κ3) is 4.54. The van der Waals surface area contributed by atoms with Crippen molar-refractivity contribution in [3.63, 3.8) is 0 Å². The molecule has 1 aliphatic rings. The number of hydrogen-bond acceptors (Lipinski definition) is 3. The van der Waals surface area contributed by atoms with Crippen LogP contribution in [0.5, 0.6) is 11.5 Å². The summed E-state index contributed by atoms with van der Waals surface area (Å²) in [5.41, 5.74) is 3.16. The Morgan fingerprint density at radius 3 is 2.62 bits per heavy atom. The number of rotatable bonds is 5. The summed E-state index contributed by atoms with van der Waals surface area (Å²) in [7, 11) is 0. The van der Waals surface area contributed by atoms with Crippen LogP contribution in [0.25, 0.3) is 0 Å². The lowest BCUT2D eigenvalue weighted by molar-refractivity contribution is 0.102. The Labute approximate surface area is 175 Å². The highest BCUT2D eigenvalue weighted by Crippen LogP contribution is 2.41. The average molecular weight is 408 g/mol. The Balaban J connectivity index is 1.40. The molecule has 0 bridgehead atoms. The predicted octanol–water partition coefficient (Wildman–Crippen LogP) is 5.88. The lowest BCUT2D eigenvalue weighted by atomic mass is 10.0. The Kier molecular flexibility index (Phi) is 5.20. The molecule has 3 aromatic carbocycles. The fourth-order valence-corrected chi connectivity index (χ4v) is 3.57. The molecule has 4 nitrogen and oxygen atoms in total. The molecular weight excluding hydrogens is 386 g/mol.